The Hall–Kier alpha value is -4.79. The Morgan fingerprint density at radius 1 is 1.00 bits per heavy atom. The van der Waals surface area contributed by atoms with Gasteiger partial charge in [-0.1, -0.05) is 48.0 Å². The minimum Gasteiger partial charge on any atom is -0.486 e. The molecule has 37 heavy (non-hydrogen) atoms. The molecule has 9 heteroatoms. The van der Waals surface area contributed by atoms with Crippen LogP contribution in [0.4, 0.5) is 5.69 Å². The lowest BCUT2D eigenvalue weighted by Crippen LogP contribution is -2.15. The van der Waals surface area contributed by atoms with Crippen LogP contribution in [0.5, 0.6) is 5.75 Å². The normalized spacial score (nSPS) is 11.1. The molecule has 0 bridgehead atoms. The van der Waals surface area contributed by atoms with Gasteiger partial charge in [-0.25, -0.2) is 4.68 Å². The fourth-order valence-corrected chi connectivity index (χ4v) is 3.93. The lowest BCUT2D eigenvalue weighted by Gasteiger charge is -2.10. The van der Waals surface area contributed by atoms with Crippen molar-refractivity contribution >= 4 is 28.3 Å². The predicted molar refractivity (Wildman–Crippen MR) is 138 cm³/mol. The van der Waals surface area contributed by atoms with Gasteiger partial charge >= 0.3 is 0 Å². The summed E-state index contributed by atoms with van der Waals surface area (Å²) in [7, 11) is 0. The van der Waals surface area contributed by atoms with Crippen LogP contribution < -0.4 is 10.1 Å². The number of tetrazole rings is 1. The first kappa shape index (κ1) is 23.9. The molecule has 2 aromatic heterocycles. The second kappa shape index (κ2) is 10.1. The molecular weight excluding hydrogens is 470 g/mol. The fraction of sp³-hybridized carbons (Fsp3) is 0.179. The van der Waals surface area contributed by atoms with Crippen molar-refractivity contribution in [2.75, 3.05) is 5.32 Å². The second-order valence-corrected chi connectivity index (χ2v) is 8.90. The third kappa shape index (κ3) is 4.97. The second-order valence-electron chi connectivity index (χ2n) is 8.90. The van der Waals surface area contributed by atoms with Crippen molar-refractivity contribution in [3.8, 4) is 5.75 Å². The Morgan fingerprint density at radius 2 is 1.78 bits per heavy atom. The summed E-state index contributed by atoms with van der Waals surface area (Å²) >= 11 is 0. The largest absolute Gasteiger partial charge is 0.486 e. The maximum atomic E-state index is 13.3. The minimum atomic E-state index is -0.401. The highest BCUT2D eigenvalue weighted by atomic mass is 16.5. The number of furan rings is 1. The monoisotopic (exact) mass is 495 g/mol. The van der Waals surface area contributed by atoms with E-state index in [-0.39, 0.29) is 24.2 Å². The standard InChI is InChI=1S/C28H25N5O4/c1-17(2)33-24(30-31-32-33)16-36-21-8-6-7-20(15-21)28(35)29-25-22-9-4-5-10-23(22)37-27(25)26(34)19-13-11-18(3)12-14-19/h4-15,17H,16H2,1-3H3,(H,29,35). The van der Waals surface area contributed by atoms with Crippen LogP contribution in [-0.2, 0) is 6.61 Å². The number of aryl methyl sites for hydroxylation is 1. The van der Waals surface area contributed by atoms with Crippen molar-refractivity contribution in [2.45, 2.75) is 33.4 Å². The smallest absolute Gasteiger partial charge is 0.255 e. The van der Waals surface area contributed by atoms with Gasteiger partial charge in [-0.15, -0.1) is 5.10 Å². The molecule has 1 N–H and O–H groups in total. The lowest BCUT2D eigenvalue weighted by molar-refractivity contribution is 0.101. The maximum absolute atomic E-state index is 13.3. The fourth-order valence-electron chi connectivity index (χ4n) is 3.93. The molecule has 0 radical (unpaired) electrons. The van der Waals surface area contributed by atoms with E-state index >= 15 is 0 Å². The molecule has 2 heterocycles. The number of carbonyl (C=O) groups is 2. The van der Waals surface area contributed by atoms with Crippen LogP contribution in [0.15, 0.2) is 77.2 Å². The number of aromatic nitrogens is 4. The molecule has 0 atom stereocenters. The zero-order valence-electron chi connectivity index (χ0n) is 20.6. The summed E-state index contributed by atoms with van der Waals surface area (Å²) in [5.41, 5.74) is 2.71. The number of carbonyl (C=O) groups excluding carboxylic acids is 2. The van der Waals surface area contributed by atoms with Crippen LogP contribution in [-0.4, -0.2) is 31.9 Å². The highest BCUT2D eigenvalue weighted by Gasteiger charge is 2.24. The van der Waals surface area contributed by atoms with Crippen molar-refractivity contribution in [3.63, 3.8) is 0 Å². The van der Waals surface area contributed by atoms with E-state index < -0.39 is 5.91 Å². The van der Waals surface area contributed by atoms with Gasteiger partial charge in [0.25, 0.3) is 5.91 Å². The average molecular weight is 496 g/mol. The van der Waals surface area contributed by atoms with Crippen molar-refractivity contribution in [1.29, 1.82) is 0 Å². The molecule has 5 aromatic rings. The first-order valence-corrected chi connectivity index (χ1v) is 11.8. The van der Waals surface area contributed by atoms with Crippen LogP contribution in [0.25, 0.3) is 11.0 Å². The average Bonchev–Trinajstić information content (AvgIpc) is 3.53. The van der Waals surface area contributed by atoms with Crippen LogP contribution in [0.1, 0.15) is 57.8 Å². The number of amides is 1. The van der Waals surface area contributed by atoms with Gasteiger partial charge in [0.1, 0.15) is 17.9 Å². The number of anilines is 1. The molecular formula is C28H25N5O4. The molecule has 0 unspecified atom stereocenters. The molecule has 0 aliphatic rings. The Kier molecular flexibility index (Phi) is 6.51. The summed E-state index contributed by atoms with van der Waals surface area (Å²) in [5.74, 6) is 0.424. The Balaban J connectivity index is 1.40. The van der Waals surface area contributed by atoms with Crippen molar-refractivity contribution in [3.05, 3.63) is 101 Å². The zero-order chi connectivity index (χ0) is 25.9. The topological polar surface area (TPSA) is 112 Å². The van der Waals surface area contributed by atoms with Crippen LogP contribution in [0.3, 0.4) is 0 Å². The molecule has 0 spiro atoms. The summed E-state index contributed by atoms with van der Waals surface area (Å²) in [6.07, 6.45) is 0. The highest BCUT2D eigenvalue weighted by Crippen LogP contribution is 2.33. The summed E-state index contributed by atoms with van der Waals surface area (Å²) in [6.45, 7) is 6.05. The van der Waals surface area contributed by atoms with Gasteiger partial charge in [0.2, 0.25) is 5.78 Å². The van der Waals surface area contributed by atoms with Crippen LogP contribution in [0, 0.1) is 6.92 Å². The van der Waals surface area contributed by atoms with E-state index in [9.17, 15) is 9.59 Å². The van der Waals surface area contributed by atoms with E-state index in [2.05, 4.69) is 20.8 Å². The van der Waals surface area contributed by atoms with Gasteiger partial charge in [0, 0.05) is 16.5 Å². The van der Waals surface area contributed by atoms with Gasteiger partial charge in [0.05, 0.1) is 11.7 Å². The summed E-state index contributed by atoms with van der Waals surface area (Å²) in [4.78, 5) is 26.6. The van der Waals surface area contributed by atoms with Crippen molar-refractivity contribution in [1.82, 2.24) is 20.2 Å². The number of hydrogen-bond donors (Lipinski definition) is 1. The Bertz CT molecular complexity index is 1580. The Morgan fingerprint density at radius 3 is 2.57 bits per heavy atom. The SMILES string of the molecule is Cc1ccc(C(=O)c2oc3ccccc3c2NC(=O)c2cccc(OCc3nnnn3C(C)C)c2)cc1. The number of nitrogens with one attached hydrogen (secondary N) is 1. The van der Waals surface area contributed by atoms with Crippen molar-refractivity contribution < 1.29 is 18.7 Å². The van der Waals surface area contributed by atoms with E-state index in [0.717, 1.165) is 5.56 Å². The van der Waals surface area contributed by atoms with Crippen LogP contribution in [0.2, 0.25) is 0 Å². The van der Waals surface area contributed by atoms with E-state index in [1.165, 1.54) is 0 Å². The molecule has 0 aliphatic carbocycles. The number of para-hydroxylation sites is 1. The molecule has 186 valence electrons. The summed E-state index contributed by atoms with van der Waals surface area (Å²) in [5, 5.41) is 15.2. The zero-order valence-corrected chi connectivity index (χ0v) is 20.6. The predicted octanol–water partition coefficient (Wildman–Crippen LogP) is 5.37. The van der Waals surface area contributed by atoms with Gasteiger partial charge < -0.3 is 14.5 Å². The first-order valence-electron chi connectivity index (χ1n) is 11.8. The van der Waals surface area contributed by atoms with Gasteiger partial charge in [-0.2, -0.15) is 0 Å². The van der Waals surface area contributed by atoms with Crippen molar-refractivity contribution in [2.24, 2.45) is 0 Å². The number of ether oxygens (including phenoxy) is 1. The molecule has 3 aromatic carbocycles. The molecule has 0 saturated heterocycles. The number of rotatable bonds is 8. The number of nitrogens with zero attached hydrogens (tertiary/aromatic N) is 4. The van der Waals surface area contributed by atoms with Crippen LogP contribution >= 0.6 is 0 Å². The third-order valence-electron chi connectivity index (χ3n) is 5.87. The van der Waals surface area contributed by atoms with Gasteiger partial charge in [-0.3, -0.25) is 9.59 Å². The van der Waals surface area contributed by atoms with Gasteiger partial charge in [0.15, 0.2) is 11.6 Å². The number of fused-ring (bicyclic) bond motifs is 1. The van der Waals surface area contributed by atoms with E-state index in [4.69, 9.17) is 9.15 Å². The summed E-state index contributed by atoms with van der Waals surface area (Å²) < 4.78 is 13.4. The van der Waals surface area contributed by atoms with Gasteiger partial charge in [-0.05, 0) is 61.5 Å². The van der Waals surface area contributed by atoms with E-state index in [0.29, 0.717) is 39.4 Å². The number of ketones is 1. The molecule has 9 nitrogen and oxygen atoms in total. The van der Waals surface area contributed by atoms with E-state index in [1.54, 1.807) is 53.2 Å². The minimum absolute atomic E-state index is 0.0753. The summed E-state index contributed by atoms with van der Waals surface area (Å²) in [6, 6.07) is 21.3. The molecule has 0 fully saturated rings. The molecule has 1 amide bonds. The maximum Gasteiger partial charge on any atom is 0.255 e. The van der Waals surface area contributed by atoms with E-state index in [1.807, 2.05) is 45.0 Å². The first-order chi connectivity index (χ1) is 17.9. The quantitative estimate of drug-likeness (QED) is 0.288. The molecule has 0 saturated carbocycles. The highest BCUT2D eigenvalue weighted by molar-refractivity contribution is 6.18. The number of benzene rings is 3. The Labute approximate surface area is 213 Å². The lowest BCUT2D eigenvalue weighted by atomic mass is 10.1. The molecule has 5 rings (SSSR count). The molecule has 0 aliphatic heterocycles. The third-order valence-corrected chi connectivity index (χ3v) is 5.87. The number of hydrogen-bond acceptors (Lipinski definition) is 7.